The number of hydrogen-bond acceptors (Lipinski definition) is 5. The predicted molar refractivity (Wildman–Crippen MR) is 72.6 cm³/mol. The zero-order valence-electron chi connectivity index (χ0n) is 11.1. The van der Waals surface area contributed by atoms with Crippen molar-refractivity contribution in [2.75, 3.05) is 0 Å². The second-order valence-corrected chi connectivity index (χ2v) is 4.45. The van der Waals surface area contributed by atoms with Crippen LogP contribution < -0.4 is 4.74 Å². The van der Waals surface area contributed by atoms with Crippen LogP contribution in [-0.4, -0.2) is 10.9 Å². The Bertz CT molecular complexity index is 632. The van der Waals surface area contributed by atoms with Gasteiger partial charge in [-0.25, -0.2) is 0 Å². The highest BCUT2D eigenvalue weighted by Gasteiger charge is 2.17. The van der Waals surface area contributed by atoms with Gasteiger partial charge in [-0.15, -0.1) is 0 Å². The fourth-order valence-corrected chi connectivity index (χ4v) is 1.89. The molecule has 2 aromatic rings. The van der Waals surface area contributed by atoms with Crippen LogP contribution in [0.5, 0.6) is 5.75 Å². The maximum atomic E-state index is 11.7. The third-order valence-electron chi connectivity index (χ3n) is 2.88. The maximum Gasteiger partial charge on any atom is 0.434 e. The number of carbonyl (C=O) groups is 1. The van der Waals surface area contributed by atoms with Gasteiger partial charge < -0.3 is 9.15 Å². The topological polar surface area (TPSA) is 82.6 Å². The van der Waals surface area contributed by atoms with Gasteiger partial charge in [0.15, 0.2) is 11.3 Å². The lowest BCUT2D eigenvalue weighted by atomic mass is 10.2. The highest BCUT2D eigenvalue weighted by atomic mass is 16.6. The number of nitrogens with zero attached hydrogens (tertiary/aromatic N) is 1. The molecule has 0 saturated carbocycles. The van der Waals surface area contributed by atoms with E-state index in [0.29, 0.717) is 11.8 Å². The summed E-state index contributed by atoms with van der Waals surface area (Å²) in [4.78, 5) is 21.7. The monoisotopic (exact) mass is 277 g/mol. The van der Waals surface area contributed by atoms with Crippen molar-refractivity contribution in [3.63, 3.8) is 0 Å². The Labute approximate surface area is 115 Å². The van der Waals surface area contributed by atoms with Crippen molar-refractivity contribution < 1.29 is 18.9 Å². The Kier molecular flexibility index (Phi) is 4.34. The minimum atomic E-state index is -0.618. The van der Waals surface area contributed by atoms with Gasteiger partial charge in [-0.2, -0.15) is 0 Å². The van der Waals surface area contributed by atoms with E-state index in [1.54, 1.807) is 18.2 Å². The number of fused-ring (bicyclic) bond motifs is 1. The molecule has 0 unspecified atom stereocenters. The van der Waals surface area contributed by atoms with E-state index in [1.807, 2.05) is 6.92 Å². The summed E-state index contributed by atoms with van der Waals surface area (Å²) in [5.41, 5.74) is 0.225. The van der Waals surface area contributed by atoms with Gasteiger partial charge in [0.25, 0.3) is 0 Å². The normalized spacial score (nSPS) is 10.7. The van der Waals surface area contributed by atoms with Crippen LogP contribution in [0.15, 0.2) is 28.7 Å². The van der Waals surface area contributed by atoms with Crippen molar-refractivity contribution in [3.8, 4) is 5.75 Å². The third kappa shape index (κ3) is 3.14. The summed E-state index contributed by atoms with van der Waals surface area (Å²) in [6.07, 6.45) is 3.08. The Morgan fingerprint density at radius 1 is 1.40 bits per heavy atom. The fourth-order valence-electron chi connectivity index (χ4n) is 1.89. The number of benzene rings is 1. The molecular weight excluding hydrogens is 262 g/mol. The summed E-state index contributed by atoms with van der Waals surface area (Å²) in [5, 5.41) is 11.2. The van der Waals surface area contributed by atoms with E-state index in [2.05, 4.69) is 0 Å². The Balaban J connectivity index is 2.17. The Morgan fingerprint density at radius 2 is 2.20 bits per heavy atom. The Morgan fingerprint density at radius 3 is 2.90 bits per heavy atom. The van der Waals surface area contributed by atoms with E-state index in [-0.39, 0.29) is 23.2 Å². The lowest BCUT2D eigenvalue weighted by Crippen LogP contribution is -2.07. The van der Waals surface area contributed by atoms with E-state index in [1.165, 1.54) is 6.07 Å². The smallest absolute Gasteiger partial charge is 0.422 e. The van der Waals surface area contributed by atoms with Crippen molar-refractivity contribution in [2.24, 2.45) is 0 Å². The molecule has 0 aliphatic heterocycles. The van der Waals surface area contributed by atoms with Gasteiger partial charge in [0.2, 0.25) is 0 Å². The molecule has 106 valence electrons. The molecule has 1 aromatic heterocycles. The Hall–Kier alpha value is -2.37. The summed E-state index contributed by atoms with van der Waals surface area (Å²) < 4.78 is 10.3. The van der Waals surface area contributed by atoms with Crippen molar-refractivity contribution in [2.45, 2.75) is 32.6 Å². The van der Waals surface area contributed by atoms with Crippen LogP contribution >= 0.6 is 0 Å². The lowest BCUT2D eigenvalue weighted by Gasteiger charge is -2.04. The number of unbranched alkanes of at least 4 members (excludes halogenated alkanes) is 2. The van der Waals surface area contributed by atoms with Gasteiger partial charge in [0.05, 0.1) is 6.07 Å². The molecule has 0 radical (unpaired) electrons. The number of ether oxygens (including phenoxy) is 1. The summed E-state index contributed by atoms with van der Waals surface area (Å²) >= 11 is 0. The number of hydrogen-bond donors (Lipinski definition) is 0. The summed E-state index contributed by atoms with van der Waals surface area (Å²) in [7, 11) is 0. The molecule has 6 nitrogen and oxygen atoms in total. The van der Waals surface area contributed by atoms with Crippen LogP contribution in [0.4, 0.5) is 5.88 Å². The SMILES string of the molecule is CCCCCC(=O)Oc1cccc2cc([N+](=O)[O-])oc12. The molecule has 1 aromatic carbocycles. The molecule has 0 aliphatic rings. The molecule has 0 saturated heterocycles. The average molecular weight is 277 g/mol. The van der Waals surface area contributed by atoms with Crippen LogP contribution in [0.2, 0.25) is 0 Å². The van der Waals surface area contributed by atoms with Crippen LogP contribution in [0, 0.1) is 10.1 Å². The highest BCUT2D eigenvalue weighted by molar-refractivity contribution is 5.87. The number of esters is 1. The quantitative estimate of drug-likeness (QED) is 0.263. The van der Waals surface area contributed by atoms with E-state index in [0.717, 1.165) is 19.3 Å². The second-order valence-electron chi connectivity index (χ2n) is 4.45. The van der Waals surface area contributed by atoms with Crippen LogP contribution in [0.1, 0.15) is 32.6 Å². The first-order valence-corrected chi connectivity index (χ1v) is 6.49. The number of rotatable bonds is 6. The minimum absolute atomic E-state index is 0.220. The number of carbonyl (C=O) groups excluding carboxylic acids is 1. The molecule has 1 heterocycles. The molecule has 0 spiro atoms. The van der Waals surface area contributed by atoms with Gasteiger partial charge in [0, 0.05) is 11.8 Å². The molecule has 20 heavy (non-hydrogen) atoms. The van der Waals surface area contributed by atoms with Gasteiger partial charge in [-0.3, -0.25) is 14.9 Å². The average Bonchev–Trinajstić information content (AvgIpc) is 2.84. The van der Waals surface area contributed by atoms with E-state index in [9.17, 15) is 14.9 Å². The van der Waals surface area contributed by atoms with Crippen molar-refractivity contribution in [3.05, 3.63) is 34.4 Å². The van der Waals surface area contributed by atoms with Gasteiger partial charge >= 0.3 is 11.9 Å². The fraction of sp³-hybridized carbons (Fsp3) is 0.357. The van der Waals surface area contributed by atoms with Crippen LogP contribution in [0.25, 0.3) is 11.0 Å². The molecule has 0 bridgehead atoms. The van der Waals surface area contributed by atoms with Crippen LogP contribution in [0.3, 0.4) is 0 Å². The van der Waals surface area contributed by atoms with Crippen molar-refractivity contribution >= 4 is 22.8 Å². The lowest BCUT2D eigenvalue weighted by molar-refractivity contribution is -0.401. The number of nitro groups is 1. The maximum absolute atomic E-state index is 11.7. The number of para-hydroxylation sites is 1. The molecule has 6 heteroatoms. The van der Waals surface area contributed by atoms with E-state index in [4.69, 9.17) is 9.15 Å². The summed E-state index contributed by atoms with van der Waals surface area (Å²) in [5.74, 6) is -0.503. The van der Waals surface area contributed by atoms with Gasteiger partial charge in [-0.1, -0.05) is 31.9 Å². The highest BCUT2D eigenvalue weighted by Crippen LogP contribution is 2.32. The zero-order valence-corrected chi connectivity index (χ0v) is 11.1. The van der Waals surface area contributed by atoms with Crippen LogP contribution in [-0.2, 0) is 4.79 Å². The molecule has 0 amide bonds. The van der Waals surface area contributed by atoms with E-state index >= 15 is 0 Å². The zero-order chi connectivity index (χ0) is 14.5. The van der Waals surface area contributed by atoms with Crippen molar-refractivity contribution in [1.29, 1.82) is 0 Å². The molecule has 0 atom stereocenters. The first-order valence-electron chi connectivity index (χ1n) is 6.49. The number of furan rings is 1. The standard InChI is InChI=1S/C14H15NO5/c1-2-3-4-8-13(16)19-11-7-5-6-10-9-12(15(17)18)20-14(10)11/h5-7,9H,2-4,8H2,1H3. The first kappa shape index (κ1) is 14.0. The third-order valence-corrected chi connectivity index (χ3v) is 2.88. The largest absolute Gasteiger partial charge is 0.434 e. The molecule has 2 rings (SSSR count). The molecular formula is C14H15NO5. The molecule has 0 N–H and O–H groups in total. The minimum Gasteiger partial charge on any atom is -0.422 e. The predicted octanol–water partition coefficient (Wildman–Crippen LogP) is 3.83. The van der Waals surface area contributed by atoms with Crippen molar-refractivity contribution in [1.82, 2.24) is 0 Å². The second kappa shape index (κ2) is 6.18. The van der Waals surface area contributed by atoms with E-state index < -0.39 is 4.92 Å². The summed E-state index contributed by atoms with van der Waals surface area (Å²) in [6, 6.07) is 6.20. The van der Waals surface area contributed by atoms with Gasteiger partial charge in [0.1, 0.15) is 4.92 Å². The molecule has 0 fully saturated rings. The van der Waals surface area contributed by atoms with Gasteiger partial charge in [-0.05, 0) is 12.5 Å². The molecule has 0 aliphatic carbocycles. The first-order chi connectivity index (χ1) is 9.61. The summed E-state index contributed by atoms with van der Waals surface area (Å²) in [6.45, 7) is 2.05.